The molecule has 2 rings (SSSR count). The van der Waals surface area contributed by atoms with Crippen LogP contribution in [0.5, 0.6) is 0 Å². The number of hydrogen-bond acceptors (Lipinski definition) is 4. The van der Waals surface area contributed by atoms with Crippen LogP contribution in [0.25, 0.3) is 0 Å². The first kappa shape index (κ1) is 12.1. The minimum atomic E-state index is -0.375. The van der Waals surface area contributed by atoms with Crippen LogP contribution >= 0.6 is 11.6 Å². The molecule has 2 N–H and O–H groups in total. The van der Waals surface area contributed by atoms with Gasteiger partial charge in [0.25, 0.3) is 5.69 Å². The lowest BCUT2D eigenvalue weighted by molar-refractivity contribution is -0.384. The van der Waals surface area contributed by atoms with Crippen LogP contribution in [0.15, 0.2) is 18.2 Å². The first-order chi connectivity index (χ1) is 8.08. The summed E-state index contributed by atoms with van der Waals surface area (Å²) in [6.07, 6.45) is 1.70. The number of piperidine rings is 1. The van der Waals surface area contributed by atoms with Gasteiger partial charge in [0.1, 0.15) is 5.69 Å². The minimum absolute atomic E-state index is 0.102. The highest BCUT2D eigenvalue weighted by Gasteiger charge is 2.23. The van der Waals surface area contributed by atoms with E-state index in [-0.39, 0.29) is 16.7 Å². The Morgan fingerprint density at radius 2 is 2.06 bits per heavy atom. The van der Waals surface area contributed by atoms with E-state index in [1.165, 1.54) is 6.07 Å². The SMILES string of the molecule is NC1CCN(c2cc(Cl)ccc2[N+](=O)[O-])CC1. The Morgan fingerprint density at radius 3 is 2.65 bits per heavy atom. The van der Waals surface area contributed by atoms with Gasteiger partial charge in [0.2, 0.25) is 0 Å². The lowest BCUT2D eigenvalue weighted by atomic mass is 10.1. The number of nitrogens with two attached hydrogens (primary N) is 1. The fourth-order valence-corrected chi connectivity index (χ4v) is 2.21. The molecule has 0 atom stereocenters. The van der Waals surface area contributed by atoms with E-state index in [0.29, 0.717) is 10.7 Å². The van der Waals surface area contributed by atoms with Gasteiger partial charge in [0.15, 0.2) is 0 Å². The second kappa shape index (κ2) is 4.89. The van der Waals surface area contributed by atoms with Crippen LogP contribution in [0.4, 0.5) is 11.4 Å². The molecular formula is C11H14ClN3O2. The van der Waals surface area contributed by atoms with Crippen molar-refractivity contribution >= 4 is 23.0 Å². The highest BCUT2D eigenvalue weighted by atomic mass is 35.5. The van der Waals surface area contributed by atoms with E-state index in [1.807, 2.05) is 4.90 Å². The number of rotatable bonds is 2. The molecule has 0 aliphatic carbocycles. The summed E-state index contributed by atoms with van der Waals surface area (Å²) in [4.78, 5) is 12.6. The molecule has 1 aliphatic rings. The summed E-state index contributed by atoms with van der Waals surface area (Å²) in [6.45, 7) is 1.48. The van der Waals surface area contributed by atoms with Gasteiger partial charge in [0, 0.05) is 30.2 Å². The predicted octanol–water partition coefficient (Wildman–Crippen LogP) is 2.18. The summed E-state index contributed by atoms with van der Waals surface area (Å²) >= 11 is 5.90. The first-order valence-corrected chi connectivity index (χ1v) is 5.90. The van der Waals surface area contributed by atoms with Crippen molar-refractivity contribution in [2.75, 3.05) is 18.0 Å². The Kier molecular flexibility index (Phi) is 3.49. The van der Waals surface area contributed by atoms with E-state index in [2.05, 4.69) is 0 Å². The third kappa shape index (κ3) is 2.68. The number of nitro groups is 1. The molecule has 1 fully saturated rings. The molecule has 1 aromatic rings. The van der Waals surface area contributed by atoms with E-state index in [0.717, 1.165) is 25.9 Å². The van der Waals surface area contributed by atoms with Gasteiger partial charge >= 0.3 is 0 Å². The van der Waals surface area contributed by atoms with Gasteiger partial charge in [0.05, 0.1) is 4.92 Å². The molecule has 5 nitrogen and oxygen atoms in total. The van der Waals surface area contributed by atoms with E-state index in [1.54, 1.807) is 12.1 Å². The molecule has 0 radical (unpaired) electrons. The van der Waals surface area contributed by atoms with Crippen LogP contribution in [-0.4, -0.2) is 24.1 Å². The van der Waals surface area contributed by atoms with E-state index in [4.69, 9.17) is 17.3 Å². The van der Waals surface area contributed by atoms with Crippen molar-refractivity contribution in [2.24, 2.45) is 5.73 Å². The Bertz CT molecular complexity index is 431. The predicted molar refractivity (Wildman–Crippen MR) is 67.5 cm³/mol. The molecule has 92 valence electrons. The normalized spacial score (nSPS) is 17.2. The lowest BCUT2D eigenvalue weighted by Crippen LogP contribution is -2.39. The third-order valence-electron chi connectivity index (χ3n) is 3.01. The minimum Gasteiger partial charge on any atom is -0.366 e. The van der Waals surface area contributed by atoms with Gasteiger partial charge in [-0.25, -0.2) is 0 Å². The molecule has 1 heterocycles. The van der Waals surface area contributed by atoms with Crippen molar-refractivity contribution in [1.82, 2.24) is 0 Å². The molecule has 0 spiro atoms. The zero-order chi connectivity index (χ0) is 12.4. The average Bonchev–Trinajstić information content (AvgIpc) is 2.29. The van der Waals surface area contributed by atoms with E-state index < -0.39 is 0 Å². The lowest BCUT2D eigenvalue weighted by Gasteiger charge is -2.31. The molecule has 6 heteroatoms. The molecule has 1 aromatic carbocycles. The number of anilines is 1. The second-order valence-electron chi connectivity index (χ2n) is 4.21. The topological polar surface area (TPSA) is 72.4 Å². The van der Waals surface area contributed by atoms with Crippen molar-refractivity contribution < 1.29 is 4.92 Å². The van der Waals surface area contributed by atoms with Crippen molar-refractivity contribution in [3.63, 3.8) is 0 Å². The van der Waals surface area contributed by atoms with Gasteiger partial charge in [-0.3, -0.25) is 10.1 Å². The molecule has 1 aliphatic heterocycles. The van der Waals surface area contributed by atoms with Gasteiger partial charge in [-0.05, 0) is 25.0 Å². The maximum Gasteiger partial charge on any atom is 0.292 e. The molecule has 0 amide bonds. The highest BCUT2D eigenvalue weighted by molar-refractivity contribution is 6.31. The summed E-state index contributed by atoms with van der Waals surface area (Å²) < 4.78 is 0. The number of halogens is 1. The van der Waals surface area contributed by atoms with Gasteiger partial charge in [-0.15, -0.1) is 0 Å². The van der Waals surface area contributed by atoms with Crippen molar-refractivity contribution in [3.05, 3.63) is 33.3 Å². The zero-order valence-corrected chi connectivity index (χ0v) is 10.1. The van der Waals surface area contributed by atoms with Crippen LogP contribution in [0, 0.1) is 10.1 Å². The van der Waals surface area contributed by atoms with Crippen LogP contribution in [0.1, 0.15) is 12.8 Å². The Hall–Kier alpha value is -1.33. The summed E-state index contributed by atoms with van der Waals surface area (Å²) in [5.41, 5.74) is 6.51. The van der Waals surface area contributed by atoms with Gasteiger partial charge < -0.3 is 10.6 Å². The number of nitrogens with zero attached hydrogens (tertiary/aromatic N) is 2. The van der Waals surface area contributed by atoms with Crippen LogP contribution in [-0.2, 0) is 0 Å². The van der Waals surface area contributed by atoms with Gasteiger partial charge in [-0.1, -0.05) is 11.6 Å². The molecule has 0 saturated carbocycles. The number of benzene rings is 1. The van der Waals surface area contributed by atoms with E-state index >= 15 is 0 Å². The van der Waals surface area contributed by atoms with Crippen LogP contribution < -0.4 is 10.6 Å². The average molecular weight is 256 g/mol. The summed E-state index contributed by atoms with van der Waals surface area (Å²) in [5, 5.41) is 11.5. The quantitative estimate of drug-likeness (QED) is 0.649. The maximum absolute atomic E-state index is 11.0. The van der Waals surface area contributed by atoms with Crippen molar-refractivity contribution in [1.29, 1.82) is 0 Å². The Morgan fingerprint density at radius 1 is 1.41 bits per heavy atom. The fourth-order valence-electron chi connectivity index (χ4n) is 2.04. The summed E-state index contributed by atoms with van der Waals surface area (Å²) in [5.74, 6) is 0. The van der Waals surface area contributed by atoms with E-state index in [9.17, 15) is 10.1 Å². The third-order valence-corrected chi connectivity index (χ3v) is 3.25. The molecule has 0 bridgehead atoms. The molecule has 17 heavy (non-hydrogen) atoms. The van der Waals surface area contributed by atoms with Crippen molar-refractivity contribution in [3.8, 4) is 0 Å². The second-order valence-corrected chi connectivity index (χ2v) is 4.65. The molecular weight excluding hydrogens is 242 g/mol. The standard InChI is InChI=1S/C11H14ClN3O2/c12-8-1-2-10(15(16)17)11(7-8)14-5-3-9(13)4-6-14/h1-2,7,9H,3-6,13H2. The molecule has 1 saturated heterocycles. The highest BCUT2D eigenvalue weighted by Crippen LogP contribution is 2.32. The zero-order valence-electron chi connectivity index (χ0n) is 9.30. The van der Waals surface area contributed by atoms with Crippen molar-refractivity contribution in [2.45, 2.75) is 18.9 Å². The Labute approximate surface area is 104 Å². The fraction of sp³-hybridized carbons (Fsp3) is 0.455. The largest absolute Gasteiger partial charge is 0.366 e. The maximum atomic E-state index is 11.0. The molecule has 0 unspecified atom stereocenters. The van der Waals surface area contributed by atoms with Crippen LogP contribution in [0.3, 0.4) is 0 Å². The number of hydrogen-bond donors (Lipinski definition) is 1. The monoisotopic (exact) mass is 255 g/mol. The Balaban J connectivity index is 2.30. The summed E-state index contributed by atoms with van der Waals surface area (Å²) in [6, 6.07) is 4.84. The first-order valence-electron chi connectivity index (χ1n) is 5.52. The smallest absolute Gasteiger partial charge is 0.292 e. The van der Waals surface area contributed by atoms with Crippen LogP contribution in [0.2, 0.25) is 5.02 Å². The van der Waals surface area contributed by atoms with Gasteiger partial charge in [-0.2, -0.15) is 0 Å². The summed E-state index contributed by atoms with van der Waals surface area (Å²) in [7, 11) is 0. The number of nitro benzene ring substituents is 1. The molecule has 0 aromatic heterocycles.